The van der Waals surface area contributed by atoms with E-state index in [0.717, 1.165) is 11.1 Å². The van der Waals surface area contributed by atoms with Crippen molar-refractivity contribution in [1.82, 2.24) is 5.32 Å². The van der Waals surface area contributed by atoms with Crippen LogP contribution < -0.4 is 11.1 Å². The third kappa shape index (κ3) is 3.95. The number of carbonyl (C=O) groups excluding carboxylic acids is 2. The third-order valence-electron chi connectivity index (χ3n) is 2.89. The van der Waals surface area contributed by atoms with E-state index in [4.69, 9.17) is 5.73 Å². The first-order valence-electron chi connectivity index (χ1n) is 6.34. The van der Waals surface area contributed by atoms with Gasteiger partial charge in [-0.2, -0.15) is 0 Å². The van der Waals surface area contributed by atoms with Gasteiger partial charge in [-0.3, -0.25) is 9.59 Å². The number of Topliss-reactive ketones (excluding diaryl/α,β-unsaturated/α-hetero) is 1. The summed E-state index contributed by atoms with van der Waals surface area (Å²) in [4.78, 5) is 23.5. The third-order valence-corrected chi connectivity index (χ3v) is 2.89. The monoisotopic (exact) mass is 268 g/mol. The van der Waals surface area contributed by atoms with Crippen molar-refractivity contribution in [2.75, 3.05) is 5.73 Å². The van der Waals surface area contributed by atoms with Gasteiger partial charge < -0.3 is 11.1 Å². The molecule has 102 valence electrons. The summed E-state index contributed by atoms with van der Waals surface area (Å²) in [7, 11) is 0. The molecule has 20 heavy (non-hydrogen) atoms. The van der Waals surface area contributed by atoms with Crippen LogP contribution in [0.15, 0.2) is 54.6 Å². The van der Waals surface area contributed by atoms with Crippen LogP contribution in [0.2, 0.25) is 0 Å². The minimum Gasteiger partial charge on any atom is -0.399 e. The maximum Gasteiger partial charge on any atom is 0.287 e. The fourth-order valence-corrected chi connectivity index (χ4v) is 1.78. The molecule has 0 atom stereocenters. The van der Waals surface area contributed by atoms with Crippen molar-refractivity contribution < 1.29 is 9.59 Å². The second-order valence-corrected chi connectivity index (χ2v) is 4.51. The Balaban J connectivity index is 1.85. The summed E-state index contributed by atoms with van der Waals surface area (Å²) < 4.78 is 0. The molecule has 0 heterocycles. The number of anilines is 1. The van der Waals surface area contributed by atoms with Crippen LogP contribution in [0.3, 0.4) is 0 Å². The summed E-state index contributed by atoms with van der Waals surface area (Å²) in [5.74, 6) is -1.00. The Hall–Kier alpha value is -2.62. The number of benzene rings is 2. The maximum atomic E-state index is 11.8. The van der Waals surface area contributed by atoms with Gasteiger partial charge in [0.15, 0.2) is 0 Å². The van der Waals surface area contributed by atoms with Crippen LogP contribution in [-0.2, 0) is 22.6 Å². The lowest BCUT2D eigenvalue weighted by Gasteiger charge is -2.05. The molecule has 2 aromatic rings. The van der Waals surface area contributed by atoms with Gasteiger partial charge >= 0.3 is 0 Å². The fraction of sp³-hybridized carbons (Fsp3) is 0.125. The first kappa shape index (κ1) is 13.8. The Morgan fingerprint density at radius 1 is 0.900 bits per heavy atom. The highest BCUT2D eigenvalue weighted by Gasteiger charge is 2.13. The molecule has 0 aromatic heterocycles. The molecule has 0 bridgehead atoms. The first-order valence-corrected chi connectivity index (χ1v) is 6.34. The standard InChI is InChI=1S/C16H16N2O2/c17-14-8-6-13(7-9-14)11-18-16(20)15(19)10-12-4-2-1-3-5-12/h1-9H,10-11,17H2,(H,18,20). The van der Waals surface area contributed by atoms with Crippen molar-refractivity contribution in [2.45, 2.75) is 13.0 Å². The summed E-state index contributed by atoms with van der Waals surface area (Å²) in [5.41, 5.74) is 7.98. The Bertz CT molecular complexity index is 592. The molecule has 0 saturated heterocycles. The topological polar surface area (TPSA) is 72.2 Å². The van der Waals surface area contributed by atoms with E-state index in [1.54, 1.807) is 12.1 Å². The van der Waals surface area contributed by atoms with E-state index in [2.05, 4.69) is 5.32 Å². The predicted octanol–water partition coefficient (Wildman–Crippen LogP) is 1.70. The van der Waals surface area contributed by atoms with Crippen molar-refractivity contribution in [3.8, 4) is 0 Å². The van der Waals surface area contributed by atoms with Gasteiger partial charge in [-0.15, -0.1) is 0 Å². The highest BCUT2D eigenvalue weighted by Crippen LogP contribution is 2.05. The van der Waals surface area contributed by atoms with Crippen molar-refractivity contribution in [3.63, 3.8) is 0 Å². The number of nitrogen functional groups attached to an aromatic ring is 1. The van der Waals surface area contributed by atoms with E-state index in [0.29, 0.717) is 12.2 Å². The summed E-state index contributed by atoms with van der Waals surface area (Å²) in [6.45, 7) is 0.319. The Labute approximate surface area is 117 Å². The zero-order valence-electron chi connectivity index (χ0n) is 11.0. The lowest BCUT2D eigenvalue weighted by molar-refractivity contribution is -0.137. The van der Waals surface area contributed by atoms with Gasteiger partial charge in [-0.1, -0.05) is 42.5 Å². The van der Waals surface area contributed by atoms with Gasteiger partial charge in [0.05, 0.1) is 0 Å². The average Bonchev–Trinajstić information content (AvgIpc) is 2.47. The van der Waals surface area contributed by atoms with Gasteiger partial charge in [0.2, 0.25) is 5.78 Å². The van der Waals surface area contributed by atoms with Gasteiger partial charge in [0.1, 0.15) is 0 Å². The predicted molar refractivity (Wildman–Crippen MR) is 77.9 cm³/mol. The zero-order valence-corrected chi connectivity index (χ0v) is 11.0. The van der Waals surface area contributed by atoms with Crippen molar-refractivity contribution >= 4 is 17.4 Å². The molecule has 0 aliphatic carbocycles. The molecule has 2 aromatic carbocycles. The minimum atomic E-state index is -0.564. The maximum absolute atomic E-state index is 11.8. The summed E-state index contributed by atoms with van der Waals surface area (Å²) >= 11 is 0. The summed E-state index contributed by atoms with van der Waals surface area (Å²) in [5, 5.41) is 2.61. The largest absolute Gasteiger partial charge is 0.399 e. The normalized spacial score (nSPS) is 10.0. The number of carbonyl (C=O) groups is 2. The fourth-order valence-electron chi connectivity index (χ4n) is 1.78. The number of hydrogen-bond donors (Lipinski definition) is 2. The molecular weight excluding hydrogens is 252 g/mol. The molecule has 1 amide bonds. The lowest BCUT2D eigenvalue weighted by Crippen LogP contribution is -2.31. The minimum absolute atomic E-state index is 0.119. The van der Waals surface area contributed by atoms with E-state index in [9.17, 15) is 9.59 Å². The molecule has 0 unspecified atom stereocenters. The molecule has 3 N–H and O–H groups in total. The van der Waals surface area contributed by atoms with E-state index < -0.39 is 11.7 Å². The number of nitrogens with one attached hydrogen (secondary N) is 1. The van der Waals surface area contributed by atoms with Gasteiger partial charge in [0.25, 0.3) is 5.91 Å². The number of ketones is 1. The SMILES string of the molecule is Nc1ccc(CNC(=O)C(=O)Cc2ccccc2)cc1. The first-order chi connectivity index (χ1) is 9.65. The second kappa shape index (κ2) is 6.52. The molecule has 0 saturated carbocycles. The van der Waals surface area contributed by atoms with E-state index in [1.807, 2.05) is 42.5 Å². The van der Waals surface area contributed by atoms with E-state index in [-0.39, 0.29) is 6.42 Å². The second-order valence-electron chi connectivity index (χ2n) is 4.51. The van der Waals surface area contributed by atoms with Crippen LogP contribution in [0.4, 0.5) is 5.69 Å². The van der Waals surface area contributed by atoms with Crippen LogP contribution in [-0.4, -0.2) is 11.7 Å². The van der Waals surface area contributed by atoms with Gasteiger partial charge in [-0.05, 0) is 23.3 Å². The molecule has 0 fully saturated rings. The number of hydrogen-bond acceptors (Lipinski definition) is 3. The van der Waals surface area contributed by atoms with Crippen LogP contribution in [0.1, 0.15) is 11.1 Å². The Morgan fingerprint density at radius 2 is 1.55 bits per heavy atom. The van der Waals surface area contributed by atoms with Crippen LogP contribution >= 0.6 is 0 Å². The molecule has 0 radical (unpaired) electrons. The summed E-state index contributed by atoms with van der Waals surface area (Å²) in [6, 6.07) is 16.4. The molecule has 4 nitrogen and oxygen atoms in total. The molecule has 2 rings (SSSR count). The van der Waals surface area contributed by atoms with Crippen LogP contribution in [0.5, 0.6) is 0 Å². The van der Waals surface area contributed by atoms with Crippen LogP contribution in [0, 0.1) is 0 Å². The molecule has 0 spiro atoms. The van der Waals surface area contributed by atoms with Gasteiger partial charge in [0, 0.05) is 18.7 Å². The number of rotatable bonds is 5. The van der Waals surface area contributed by atoms with Crippen molar-refractivity contribution in [3.05, 3.63) is 65.7 Å². The molecule has 4 heteroatoms. The van der Waals surface area contributed by atoms with Gasteiger partial charge in [-0.25, -0.2) is 0 Å². The van der Waals surface area contributed by atoms with Crippen molar-refractivity contribution in [1.29, 1.82) is 0 Å². The quantitative estimate of drug-likeness (QED) is 0.640. The zero-order chi connectivity index (χ0) is 14.4. The smallest absolute Gasteiger partial charge is 0.287 e. The molecule has 0 aliphatic rings. The molecule has 0 aliphatic heterocycles. The van der Waals surface area contributed by atoms with Crippen molar-refractivity contribution in [2.24, 2.45) is 0 Å². The Kier molecular flexibility index (Phi) is 4.50. The lowest BCUT2D eigenvalue weighted by atomic mass is 10.1. The molecular formula is C16H16N2O2. The van der Waals surface area contributed by atoms with Crippen LogP contribution in [0.25, 0.3) is 0 Å². The number of nitrogens with two attached hydrogens (primary N) is 1. The highest BCUT2D eigenvalue weighted by atomic mass is 16.2. The number of amides is 1. The summed E-state index contributed by atoms with van der Waals surface area (Å²) in [6.07, 6.45) is 0.119. The highest BCUT2D eigenvalue weighted by molar-refractivity contribution is 6.36. The van der Waals surface area contributed by atoms with E-state index >= 15 is 0 Å². The average molecular weight is 268 g/mol. The Morgan fingerprint density at radius 3 is 2.20 bits per heavy atom. The van der Waals surface area contributed by atoms with E-state index in [1.165, 1.54) is 0 Å².